The van der Waals surface area contributed by atoms with Gasteiger partial charge in [-0.25, -0.2) is 4.98 Å². The molecule has 1 heterocycles. The molecule has 0 bridgehead atoms. The van der Waals surface area contributed by atoms with Crippen LogP contribution in [0.5, 0.6) is 0 Å². The highest BCUT2D eigenvalue weighted by atomic mass is 32.1. The highest BCUT2D eigenvalue weighted by Gasteiger charge is 2.30. The molecule has 0 fully saturated rings. The number of halogens is 3. The van der Waals surface area contributed by atoms with Gasteiger partial charge < -0.3 is 0 Å². The second-order valence-electron chi connectivity index (χ2n) is 2.89. The summed E-state index contributed by atoms with van der Waals surface area (Å²) < 4.78 is 37.2. The van der Waals surface area contributed by atoms with Gasteiger partial charge in [-0.2, -0.15) is 13.2 Å². The van der Waals surface area contributed by atoms with Gasteiger partial charge in [0.2, 0.25) is 0 Å². The molecule has 0 unspecified atom stereocenters. The molecule has 0 aliphatic rings. The third-order valence-electron chi connectivity index (χ3n) is 1.86. The summed E-state index contributed by atoms with van der Waals surface area (Å²) in [4.78, 5) is 4.38. The van der Waals surface area contributed by atoms with Crippen LogP contribution in [0.1, 0.15) is 5.56 Å². The molecule has 77 valence electrons. The summed E-state index contributed by atoms with van der Waals surface area (Å²) in [6.45, 7) is 0. The summed E-state index contributed by atoms with van der Waals surface area (Å²) in [6, 6.07) is 5.17. The molecule has 1 aromatic heterocycles. The molecule has 1 aromatic carbocycles. The van der Waals surface area contributed by atoms with Crippen molar-refractivity contribution in [2.24, 2.45) is 0 Å². The van der Waals surface area contributed by atoms with E-state index < -0.39 is 11.7 Å². The largest absolute Gasteiger partial charge is 0.416 e. The maximum atomic E-state index is 12.4. The second kappa shape index (κ2) is 3.66. The van der Waals surface area contributed by atoms with E-state index in [4.69, 9.17) is 0 Å². The number of hydrogen-bond donors (Lipinski definition) is 0. The molecule has 15 heavy (non-hydrogen) atoms. The molecular weight excluding hydrogens is 223 g/mol. The van der Waals surface area contributed by atoms with Gasteiger partial charge in [0.25, 0.3) is 0 Å². The molecule has 2 aromatic rings. The molecular formula is C10H5F3NS. The third-order valence-corrected chi connectivity index (χ3v) is 2.62. The molecule has 0 N–H and O–H groups in total. The minimum absolute atomic E-state index is 0.517. The number of thiazole rings is 1. The van der Waals surface area contributed by atoms with Crippen LogP contribution < -0.4 is 0 Å². The smallest absolute Gasteiger partial charge is 0.241 e. The first-order valence-corrected chi connectivity index (χ1v) is 4.88. The number of alkyl halides is 3. The molecule has 0 spiro atoms. The number of hydrogen-bond acceptors (Lipinski definition) is 2. The van der Waals surface area contributed by atoms with Crippen LogP contribution in [-0.2, 0) is 6.18 Å². The Labute approximate surface area is 88.2 Å². The van der Waals surface area contributed by atoms with E-state index >= 15 is 0 Å². The van der Waals surface area contributed by atoms with Crippen LogP contribution in [0, 0.1) is 5.51 Å². The fourth-order valence-corrected chi connectivity index (χ4v) is 1.72. The molecule has 0 saturated heterocycles. The monoisotopic (exact) mass is 228 g/mol. The first-order valence-electron chi connectivity index (χ1n) is 4.07. The van der Waals surface area contributed by atoms with E-state index in [2.05, 4.69) is 10.5 Å². The summed E-state index contributed by atoms with van der Waals surface area (Å²) in [5.41, 5.74) is 2.47. The quantitative estimate of drug-likeness (QED) is 0.726. The summed E-state index contributed by atoms with van der Waals surface area (Å²) >= 11 is 1.19. The molecule has 1 nitrogen and oxygen atoms in total. The van der Waals surface area contributed by atoms with Crippen LogP contribution in [-0.4, -0.2) is 4.98 Å². The minimum atomic E-state index is -4.30. The number of nitrogens with zero attached hydrogens (tertiary/aromatic N) is 1. The molecule has 0 aliphatic heterocycles. The van der Waals surface area contributed by atoms with Crippen molar-refractivity contribution in [3.63, 3.8) is 0 Å². The van der Waals surface area contributed by atoms with Crippen molar-refractivity contribution in [2.45, 2.75) is 6.18 Å². The zero-order chi connectivity index (χ0) is 10.9. The Hall–Kier alpha value is -1.36. The lowest BCUT2D eigenvalue weighted by Gasteiger charge is -2.07. The number of benzene rings is 1. The van der Waals surface area contributed by atoms with Gasteiger partial charge in [0.1, 0.15) is 0 Å². The van der Waals surface area contributed by atoms with Gasteiger partial charge in [-0.15, -0.1) is 11.3 Å². The molecule has 0 amide bonds. The maximum Gasteiger partial charge on any atom is 0.416 e. The van der Waals surface area contributed by atoms with Gasteiger partial charge >= 0.3 is 6.18 Å². The van der Waals surface area contributed by atoms with Crippen molar-refractivity contribution in [3.05, 3.63) is 41.5 Å². The highest BCUT2D eigenvalue weighted by molar-refractivity contribution is 7.12. The van der Waals surface area contributed by atoms with E-state index in [1.807, 2.05) is 0 Å². The van der Waals surface area contributed by atoms with Crippen molar-refractivity contribution in [1.29, 1.82) is 0 Å². The highest BCUT2D eigenvalue weighted by Crippen LogP contribution is 2.32. The Morgan fingerprint density at radius 1 is 1.27 bits per heavy atom. The van der Waals surface area contributed by atoms with E-state index in [0.29, 0.717) is 10.4 Å². The van der Waals surface area contributed by atoms with Gasteiger partial charge in [0.15, 0.2) is 5.51 Å². The lowest BCUT2D eigenvalue weighted by atomic mass is 10.1. The van der Waals surface area contributed by atoms with E-state index in [9.17, 15) is 13.2 Å². The van der Waals surface area contributed by atoms with Gasteiger partial charge in [-0.3, -0.25) is 0 Å². The Bertz CT molecular complexity index is 448. The van der Waals surface area contributed by atoms with E-state index in [1.54, 1.807) is 6.07 Å². The summed E-state index contributed by atoms with van der Waals surface area (Å²) in [5.74, 6) is 0. The van der Waals surface area contributed by atoms with E-state index in [1.165, 1.54) is 23.6 Å². The van der Waals surface area contributed by atoms with Crippen molar-refractivity contribution >= 4 is 11.3 Å². The molecule has 5 heteroatoms. The van der Waals surface area contributed by atoms with Crippen LogP contribution in [0.3, 0.4) is 0 Å². The Morgan fingerprint density at radius 2 is 2.07 bits per heavy atom. The van der Waals surface area contributed by atoms with Crippen LogP contribution in [0.2, 0.25) is 0 Å². The molecule has 0 saturated carbocycles. The molecule has 1 radical (unpaired) electrons. The normalized spacial score (nSPS) is 11.7. The summed E-state index contributed by atoms with van der Waals surface area (Å²) in [6.07, 6.45) is -2.80. The molecule has 0 aliphatic carbocycles. The topological polar surface area (TPSA) is 12.9 Å². The molecule has 0 atom stereocenters. The van der Waals surface area contributed by atoms with E-state index in [-0.39, 0.29) is 0 Å². The van der Waals surface area contributed by atoms with E-state index in [0.717, 1.165) is 12.1 Å². The lowest BCUT2D eigenvalue weighted by molar-refractivity contribution is -0.137. The predicted octanol–water partition coefficient (Wildman–Crippen LogP) is 3.63. The van der Waals surface area contributed by atoms with Crippen molar-refractivity contribution in [3.8, 4) is 10.4 Å². The SMILES string of the molecule is FC(F)(F)c1cccc(-c2cn[c]s2)c1. The van der Waals surface area contributed by atoms with Gasteiger partial charge in [0, 0.05) is 6.20 Å². The van der Waals surface area contributed by atoms with Crippen LogP contribution in [0.15, 0.2) is 30.5 Å². The Morgan fingerprint density at radius 3 is 2.67 bits per heavy atom. The maximum absolute atomic E-state index is 12.4. The number of rotatable bonds is 1. The van der Waals surface area contributed by atoms with Gasteiger partial charge in [-0.1, -0.05) is 12.1 Å². The molecule has 2 rings (SSSR count). The van der Waals surface area contributed by atoms with Gasteiger partial charge in [-0.05, 0) is 17.7 Å². The average molecular weight is 228 g/mol. The second-order valence-corrected chi connectivity index (χ2v) is 3.72. The van der Waals surface area contributed by atoms with Crippen molar-refractivity contribution in [2.75, 3.05) is 0 Å². The van der Waals surface area contributed by atoms with Crippen LogP contribution >= 0.6 is 11.3 Å². The average Bonchev–Trinajstić information content (AvgIpc) is 2.69. The van der Waals surface area contributed by atoms with Crippen molar-refractivity contribution < 1.29 is 13.2 Å². The minimum Gasteiger partial charge on any atom is -0.241 e. The van der Waals surface area contributed by atoms with Crippen LogP contribution in [0.25, 0.3) is 10.4 Å². The predicted molar refractivity (Wildman–Crippen MR) is 51.4 cm³/mol. The van der Waals surface area contributed by atoms with Crippen molar-refractivity contribution in [1.82, 2.24) is 4.98 Å². The Balaban J connectivity index is 2.44. The first-order chi connectivity index (χ1) is 7.07. The zero-order valence-electron chi connectivity index (χ0n) is 7.38. The summed E-state index contributed by atoms with van der Waals surface area (Å²) in [5, 5.41) is 0. The summed E-state index contributed by atoms with van der Waals surface area (Å²) in [7, 11) is 0. The zero-order valence-corrected chi connectivity index (χ0v) is 8.19. The third kappa shape index (κ3) is 2.18. The van der Waals surface area contributed by atoms with Gasteiger partial charge in [0.05, 0.1) is 10.4 Å². The fraction of sp³-hybridized carbons (Fsp3) is 0.100. The first kappa shape index (κ1) is 10.2. The lowest BCUT2D eigenvalue weighted by Crippen LogP contribution is -2.04. The Kier molecular flexibility index (Phi) is 2.48. The standard InChI is InChI=1S/C10H5F3NS/c11-10(12,13)8-3-1-2-7(4-8)9-5-14-6-15-9/h1-5H. The van der Waals surface area contributed by atoms with Crippen LogP contribution in [0.4, 0.5) is 13.2 Å². The fourth-order valence-electron chi connectivity index (χ4n) is 1.17. The number of aromatic nitrogens is 1.